The minimum atomic E-state index is 0.167. The fourth-order valence-corrected chi connectivity index (χ4v) is 4.46. The Morgan fingerprint density at radius 3 is 2.82 bits per heavy atom. The Labute approximate surface area is 172 Å². The quantitative estimate of drug-likeness (QED) is 0.680. The summed E-state index contributed by atoms with van der Waals surface area (Å²) in [7, 11) is 3.63. The summed E-state index contributed by atoms with van der Waals surface area (Å²) in [5.41, 5.74) is 2.23. The summed E-state index contributed by atoms with van der Waals surface area (Å²) in [5.74, 6) is 1.62. The number of nitrogens with zero attached hydrogens (tertiary/aromatic N) is 3. The maximum atomic E-state index is 12.5. The van der Waals surface area contributed by atoms with Crippen LogP contribution in [0.2, 0.25) is 0 Å². The van der Waals surface area contributed by atoms with Crippen LogP contribution in [-0.4, -0.2) is 61.0 Å². The monoisotopic (exact) mass is 401 g/mol. The molecule has 2 heterocycles. The molecule has 1 amide bonds. The minimum absolute atomic E-state index is 0.167. The van der Waals surface area contributed by atoms with Gasteiger partial charge in [-0.05, 0) is 56.3 Å². The molecule has 0 spiro atoms. The number of hydrogen-bond donors (Lipinski definition) is 0. The molecule has 6 heteroatoms. The van der Waals surface area contributed by atoms with E-state index in [0.717, 1.165) is 49.1 Å². The lowest BCUT2D eigenvalue weighted by Gasteiger charge is -2.34. The molecule has 0 bridgehead atoms. The maximum Gasteiger partial charge on any atom is 0.228 e. The first-order valence-corrected chi connectivity index (χ1v) is 10.9. The third kappa shape index (κ3) is 6.04. The number of benzene rings is 1. The lowest BCUT2D eigenvalue weighted by atomic mass is 9.97. The van der Waals surface area contributed by atoms with Crippen molar-refractivity contribution in [3.63, 3.8) is 0 Å². The van der Waals surface area contributed by atoms with Gasteiger partial charge in [0.1, 0.15) is 5.75 Å². The van der Waals surface area contributed by atoms with E-state index in [-0.39, 0.29) is 5.91 Å². The molecule has 0 radical (unpaired) electrons. The van der Waals surface area contributed by atoms with Crippen LogP contribution < -0.4 is 4.74 Å². The van der Waals surface area contributed by atoms with Gasteiger partial charge in [-0.25, -0.2) is 4.98 Å². The largest absolute Gasteiger partial charge is 0.497 e. The van der Waals surface area contributed by atoms with Crippen molar-refractivity contribution in [1.29, 1.82) is 0 Å². The lowest BCUT2D eigenvalue weighted by molar-refractivity contribution is -0.130. The average Bonchev–Trinajstić information content (AvgIpc) is 3.11. The van der Waals surface area contributed by atoms with E-state index < -0.39 is 0 Å². The molecule has 0 aliphatic carbocycles. The number of thiazole rings is 1. The highest BCUT2D eigenvalue weighted by atomic mass is 32.1. The number of carbonyl (C=O) groups excluding carboxylic acids is 1. The Morgan fingerprint density at radius 2 is 2.14 bits per heavy atom. The van der Waals surface area contributed by atoms with Crippen LogP contribution in [0.3, 0.4) is 0 Å². The molecule has 1 unspecified atom stereocenters. The zero-order chi connectivity index (χ0) is 19.9. The standard InChI is InChI=1S/C22H31N3O2S/c1-17-23-20(16-28-17)13-22(26)24(2)14-19-5-4-11-25(15-19)12-10-18-6-8-21(27-3)9-7-18/h6-9,16,19H,4-5,10-15H2,1-3H3. The second-order valence-electron chi connectivity index (χ2n) is 7.72. The summed E-state index contributed by atoms with van der Waals surface area (Å²) in [5, 5.41) is 3.01. The molecule has 1 atom stereocenters. The van der Waals surface area contributed by atoms with E-state index in [1.54, 1.807) is 18.4 Å². The smallest absolute Gasteiger partial charge is 0.228 e. The normalized spacial score (nSPS) is 17.5. The van der Waals surface area contributed by atoms with Crippen molar-refractivity contribution in [2.75, 3.05) is 40.3 Å². The molecule has 0 saturated carbocycles. The summed E-state index contributed by atoms with van der Waals surface area (Å²) in [6, 6.07) is 8.34. The molecule has 1 saturated heterocycles. The Hall–Kier alpha value is -1.92. The first-order chi connectivity index (χ1) is 13.5. The summed E-state index contributed by atoms with van der Waals surface area (Å²) < 4.78 is 5.23. The molecule has 1 fully saturated rings. The van der Waals surface area contributed by atoms with Gasteiger partial charge in [0.05, 0.1) is 24.2 Å². The Bertz CT molecular complexity index is 759. The van der Waals surface area contributed by atoms with Crippen LogP contribution in [0.1, 0.15) is 29.1 Å². The van der Waals surface area contributed by atoms with Crippen LogP contribution in [0.15, 0.2) is 29.6 Å². The van der Waals surface area contributed by atoms with Crippen molar-refractivity contribution in [1.82, 2.24) is 14.8 Å². The zero-order valence-electron chi connectivity index (χ0n) is 17.2. The second kappa shape index (κ2) is 10.0. The lowest BCUT2D eigenvalue weighted by Crippen LogP contribution is -2.42. The highest BCUT2D eigenvalue weighted by molar-refractivity contribution is 7.09. The number of likely N-dealkylation sites (tertiary alicyclic amines) is 1. The van der Waals surface area contributed by atoms with Gasteiger partial charge in [-0.3, -0.25) is 4.79 Å². The van der Waals surface area contributed by atoms with Gasteiger partial charge in [0, 0.05) is 32.1 Å². The Balaban J connectivity index is 1.43. The van der Waals surface area contributed by atoms with E-state index in [4.69, 9.17) is 4.74 Å². The number of carbonyl (C=O) groups is 1. The summed E-state index contributed by atoms with van der Waals surface area (Å²) in [6.07, 6.45) is 3.87. The number of hydrogen-bond acceptors (Lipinski definition) is 5. The number of aromatic nitrogens is 1. The van der Waals surface area contributed by atoms with Crippen LogP contribution in [0, 0.1) is 12.8 Å². The fourth-order valence-electron chi connectivity index (χ4n) is 3.85. The second-order valence-corrected chi connectivity index (χ2v) is 8.78. The Kier molecular flexibility index (Phi) is 7.45. The van der Waals surface area contributed by atoms with Crippen molar-refractivity contribution in [3.8, 4) is 5.75 Å². The van der Waals surface area contributed by atoms with Crippen LogP contribution in [0.4, 0.5) is 0 Å². The number of aryl methyl sites for hydroxylation is 1. The van der Waals surface area contributed by atoms with Crippen molar-refractivity contribution < 1.29 is 9.53 Å². The van der Waals surface area contributed by atoms with Crippen molar-refractivity contribution in [2.45, 2.75) is 32.6 Å². The Morgan fingerprint density at radius 1 is 1.36 bits per heavy atom. The molecule has 5 nitrogen and oxygen atoms in total. The molecule has 1 aromatic carbocycles. The van der Waals surface area contributed by atoms with Crippen LogP contribution in [-0.2, 0) is 17.6 Å². The number of ether oxygens (including phenoxy) is 1. The third-order valence-corrected chi connectivity index (χ3v) is 6.26. The van der Waals surface area contributed by atoms with Gasteiger partial charge in [-0.1, -0.05) is 12.1 Å². The van der Waals surface area contributed by atoms with Crippen LogP contribution in [0.25, 0.3) is 0 Å². The van der Waals surface area contributed by atoms with E-state index >= 15 is 0 Å². The molecule has 1 aliphatic rings. The number of amides is 1. The highest BCUT2D eigenvalue weighted by Crippen LogP contribution is 2.19. The van der Waals surface area contributed by atoms with Gasteiger partial charge >= 0.3 is 0 Å². The molecule has 2 aromatic rings. The average molecular weight is 402 g/mol. The third-order valence-electron chi connectivity index (χ3n) is 5.44. The summed E-state index contributed by atoms with van der Waals surface area (Å²) in [4.78, 5) is 21.4. The van der Waals surface area contributed by atoms with Gasteiger partial charge in [-0.15, -0.1) is 11.3 Å². The van der Waals surface area contributed by atoms with E-state index in [0.29, 0.717) is 12.3 Å². The molecule has 1 aliphatic heterocycles. The summed E-state index contributed by atoms with van der Waals surface area (Å²) in [6.45, 7) is 6.11. The first-order valence-electron chi connectivity index (χ1n) is 10.0. The fraction of sp³-hybridized carbons (Fsp3) is 0.545. The molecule has 28 heavy (non-hydrogen) atoms. The molecular formula is C22H31N3O2S. The zero-order valence-corrected chi connectivity index (χ0v) is 18.0. The molecule has 3 rings (SSSR count). The molecular weight excluding hydrogens is 370 g/mol. The predicted octanol–water partition coefficient (Wildman–Crippen LogP) is 3.42. The number of likely N-dealkylation sites (N-methyl/N-ethyl adjacent to an activating group) is 1. The maximum absolute atomic E-state index is 12.5. The first kappa shape index (κ1) is 20.8. The van der Waals surface area contributed by atoms with Gasteiger partial charge < -0.3 is 14.5 Å². The van der Waals surface area contributed by atoms with E-state index in [2.05, 4.69) is 22.0 Å². The van der Waals surface area contributed by atoms with E-state index in [1.807, 2.05) is 36.4 Å². The van der Waals surface area contributed by atoms with E-state index in [1.165, 1.54) is 18.4 Å². The van der Waals surface area contributed by atoms with Crippen LogP contribution in [0.5, 0.6) is 5.75 Å². The minimum Gasteiger partial charge on any atom is -0.497 e. The SMILES string of the molecule is COc1ccc(CCN2CCCC(CN(C)C(=O)Cc3csc(C)n3)C2)cc1. The van der Waals surface area contributed by atoms with Gasteiger partial charge in [0.2, 0.25) is 5.91 Å². The van der Waals surface area contributed by atoms with Gasteiger partial charge in [0.25, 0.3) is 0 Å². The van der Waals surface area contributed by atoms with Crippen molar-refractivity contribution in [2.24, 2.45) is 5.92 Å². The topological polar surface area (TPSA) is 45.7 Å². The predicted molar refractivity (Wildman–Crippen MR) is 114 cm³/mol. The molecule has 1 aromatic heterocycles. The van der Waals surface area contributed by atoms with Gasteiger partial charge in [0.15, 0.2) is 0 Å². The van der Waals surface area contributed by atoms with Gasteiger partial charge in [-0.2, -0.15) is 0 Å². The van der Waals surface area contributed by atoms with Crippen LogP contribution >= 0.6 is 11.3 Å². The molecule has 152 valence electrons. The molecule has 0 N–H and O–H groups in total. The van der Waals surface area contributed by atoms with Crippen molar-refractivity contribution in [3.05, 3.63) is 45.9 Å². The summed E-state index contributed by atoms with van der Waals surface area (Å²) >= 11 is 1.60. The number of piperidine rings is 1. The van der Waals surface area contributed by atoms with Crippen molar-refractivity contribution >= 4 is 17.2 Å². The number of methoxy groups -OCH3 is 1. The number of rotatable bonds is 8. The van der Waals surface area contributed by atoms with E-state index in [9.17, 15) is 4.79 Å². The highest BCUT2D eigenvalue weighted by Gasteiger charge is 2.23.